The Balaban J connectivity index is 1.67. The van der Waals surface area contributed by atoms with Crippen LogP contribution in [-0.4, -0.2) is 37.9 Å². The predicted molar refractivity (Wildman–Crippen MR) is 83.7 cm³/mol. The van der Waals surface area contributed by atoms with Gasteiger partial charge in [0.2, 0.25) is 0 Å². The molecule has 1 heterocycles. The van der Waals surface area contributed by atoms with Crippen molar-refractivity contribution in [3.05, 3.63) is 18.0 Å². The van der Waals surface area contributed by atoms with E-state index in [1.807, 2.05) is 11.1 Å². The van der Waals surface area contributed by atoms with Gasteiger partial charge in [-0.3, -0.25) is 4.98 Å². The molecular formula is C17H26N2O3. The van der Waals surface area contributed by atoms with E-state index in [2.05, 4.69) is 4.98 Å². The third-order valence-corrected chi connectivity index (χ3v) is 5.27. The average Bonchev–Trinajstić information content (AvgIpc) is 3.16. The molecule has 2 aliphatic carbocycles. The highest BCUT2D eigenvalue weighted by atomic mass is 16.7. The fourth-order valence-electron chi connectivity index (χ4n) is 4.20. The SMILES string of the molecule is COc1ccnc(CN(CC2CC3CCC2C3)OC)c1OC. The van der Waals surface area contributed by atoms with Crippen molar-refractivity contribution in [1.29, 1.82) is 0 Å². The summed E-state index contributed by atoms with van der Waals surface area (Å²) in [6.07, 6.45) is 7.35. The fourth-order valence-corrected chi connectivity index (χ4v) is 4.20. The number of hydrogen-bond acceptors (Lipinski definition) is 5. The molecule has 3 rings (SSSR count). The number of pyridine rings is 1. The number of methoxy groups -OCH3 is 2. The standard InChI is InChI=1S/C17H26N2O3/c1-20-16-6-7-18-15(17(16)21-2)11-19(22-3)10-14-9-12-4-5-13(14)8-12/h6-7,12-14H,4-5,8-11H2,1-3H3. The van der Waals surface area contributed by atoms with Crippen molar-refractivity contribution in [2.75, 3.05) is 27.9 Å². The first-order chi connectivity index (χ1) is 10.7. The molecule has 0 spiro atoms. The Labute approximate surface area is 132 Å². The molecule has 0 aromatic carbocycles. The number of ether oxygens (including phenoxy) is 2. The minimum atomic E-state index is 0.616. The van der Waals surface area contributed by atoms with Crippen LogP contribution < -0.4 is 9.47 Å². The minimum Gasteiger partial charge on any atom is -0.493 e. The zero-order chi connectivity index (χ0) is 15.5. The van der Waals surface area contributed by atoms with Crippen molar-refractivity contribution in [2.45, 2.75) is 32.2 Å². The third-order valence-electron chi connectivity index (χ3n) is 5.27. The molecule has 2 aliphatic rings. The van der Waals surface area contributed by atoms with E-state index < -0.39 is 0 Å². The number of aromatic nitrogens is 1. The maximum Gasteiger partial charge on any atom is 0.183 e. The average molecular weight is 306 g/mol. The second kappa shape index (κ2) is 6.84. The molecule has 0 aliphatic heterocycles. The molecule has 0 radical (unpaired) electrons. The van der Waals surface area contributed by atoms with Crippen LogP contribution in [0, 0.1) is 17.8 Å². The van der Waals surface area contributed by atoms with Gasteiger partial charge in [-0.15, -0.1) is 0 Å². The Bertz CT molecular complexity index is 509. The van der Waals surface area contributed by atoms with Crippen LogP contribution in [0.5, 0.6) is 11.5 Å². The quantitative estimate of drug-likeness (QED) is 0.725. The molecule has 2 fully saturated rings. The summed E-state index contributed by atoms with van der Waals surface area (Å²) in [6, 6.07) is 1.81. The predicted octanol–water partition coefficient (Wildman–Crippen LogP) is 2.90. The third kappa shape index (κ3) is 3.06. The lowest BCUT2D eigenvalue weighted by Gasteiger charge is -2.28. The summed E-state index contributed by atoms with van der Waals surface area (Å²) < 4.78 is 10.8. The minimum absolute atomic E-state index is 0.616. The Morgan fingerprint density at radius 3 is 2.64 bits per heavy atom. The summed E-state index contributed by atoms with van der Waals surface area (Å²) in [4.78, 5) is 10.0. The highest BCUT2D eigenvalue weighted by Crippen LogP contribution is 2.48. The maximum absolute atomic E-state index is 5.59. The van der Waals surface area contributed by atoms with Gasteiger partial charge in [-0.1, -0.05) is 6.42 Å². The Kier molecular flexibility index (Phi) is 4.84. The van der Waals surface area contributed by atoms with E-state index >= 15 is 0 Å². The zero-order valence-corrected chi connectivity index (χ0v) is 13.7. The molecule has 3 atom stereocenters. The van der Waals surface area contributed by atoms with Crippen molar-refractivity contribution in [3.63, 3.8) is 0 Å². The molecule has 5 heteroatoms. The van der Waals surface area contributed by atoms with E-state index in [4.69, 9.17) is 14.3 Å². The van der Waals surface area contributed by atoms with Crippen LogP contribution in [0.1, 0.15) is 31.4 Å². The summed E-state index contributed by atoms with van der Waals surface area (Å²) in [5, 5.41) is 2.01. The fraction of sp³-hybridized carbons (Fsp3) is 0.706. The first-order valence-electron chi connectivity index (χ1n) is 8.10. The van der Waals surface area contributed by atoms with Gasteiger partial charge in [0.05, 0.1) is 27.9 Å². The highest BCUT2D eigenvalue weighted by molar-refractivity contribution is 5.42. The molecule has 2 saturated carbocycles. The van der Waals surface area contributed by atoms with Gasteiger partial charge in [0, 0.05) is 18.8 Å². The molecule has 5 nitrogen and oxygen atoms in total. The van der Waals surface area contributed by atoms with Gasteiger partial charge in [-0.2, -0.15) is 5.06 Å². The van der Waals surface area contributed by atoms with Crippen molar-refractivity contribution >= 4 is 0 Å². The smallest absolute Gasteiger partial charge is 0.183 e. The van der Waals surface area contributed by atoms with Crippen LogP contribution in [-0.2, 0) is 11.4 Å². The van der Waals surface area contributed by atoms with Crippen LogP contribution in [0.25, 0.3) is 0 Å². The monoisotopic (exact) mass is 306 g/mol. The van der Waals surface area contributed by atoms with Gasteiger partial charge in [-0.05, 0) is 37.0 Å². The summed E-state index contributed by atoms with van der Waals surface area (Å²) in [7, 11) is 5.03. The number of hydroxylamine groups is 2. The van der Waals surface area contributed by atoms with Crippen LogP contribution in [0.4, 0.5) is 0 Å². The molecular weight excluding hydrogens is 280 g/mol. The Morgan fingerprint density at radius 2 is 2.05 bits per heavy atom. The van der Waals surface area contributed by atoms with Crippen molar-refractivity contribution in [3.8, 4) is 11.5 Å². The van der Waals surface area contributed by atoms with Crippen LogP contribution in [0.2, 0.25) is 0 Å². The lowest BCUT2D eigenvalue weighted by molar-refractivity contribution is -0.151. The Hall–Kier alpha value is -1.33. The first kappa shape index (κ1) is 15.6. The van der Waals surface area contributed by atoms with Crippen molar-refractivity contribution in [2.24, 2.45) is 17.8 Å². The van der Waals surface area contributed by atoms with Crippen LogP contribution >= 0.6 is 0 Å². The molecule has 0 N–H and O–H groups in total. The van der Waals surface area contributed by atoms with Gasteiger partial charge in [0.25, 0.3) is 0 Å². The summed E-state index contributed by atoms with van der Waals surface area (Å²) in [5.74, 6) is 4.01. The molecule has 0 saturated heterocycles. The van der Waals surface area contributed by atoms with E-state index in [0.29, 0.717) is 18.0 Å². The molecule has 0 amide bonds. The van der Waals surface area contributed by atoms with Crippen LogP contribution in [0.3, 0.4) is 0 Å². The molecule has 122 valence electrons. The first-order valence-corrected chi connectivity index (χ1v) is 8.10. The van der Waals surface area contributed by atoms with Crippen LogP contribution in [0.15, 0.2) is 12.3 Å². The number of rotatable bonds is 7. The summed E-state index contributed by atoms with van der Waals surface area (Å²) >= 11 is 0. The molecule has 1 aromatic rings. The number of hydrogen-bond donors (Lipinski definition) is 0. The second-order valence-corrected chi connectivity index (χ2v) is 6.43. The van der Waals surface area contributed by atoms with Gasteiger partial charge >= 0.3 is 0 Å². The normalized spacial score (nSPS) is 26.6. The zero-order valence-electron chi connectivity index (χ0n) is 13.7. The van der Waals surface area contributed by atoms with Gasteiger partial charge in [0.1, 0.15) is 5.69 Å². The molecule has 1 aromatic heterocycles. The second-order valence-electron chi connectivity index (χ2n) is 6.43. The molecule has 22 heavy (non-hydrogen) atoms. The van der Waals surface area contributed by atoms with Gasteiger partial charge in [-0.25, -0.2) is 0 Å². The van der Waals surface area contributed by atoms with Gasteiger partial charge in [0.15, 0.2) is 11.5 Å². The van der Waals surface area contributed by atoms with E-state index in [9.17, 15) is 0 Å². The molecule has 3 unspecified atom stereocenters. The number of nitrogens with zero attached hydrogens (tertiary/aromatic N) is 2. The van der Waals surface area contributed by atoms with Crippen molar-refractivity contribution < 1.29 is 14.3 Å². The van der Waals surface area contributed by atoms with E-state index in [0.717, 1.165) is 30.0 Å². The highest BCUT2D eigenvalue weighted by Gasteiger charge is 2.40. The lowest BCUT2D eigenvalue weighted by Crippen LogP contribution is -2.31. The van der Waals surface area contributed by atoms with E-state index in [1.165, 1.54) is 25.7 Å². The topological polar surface area (TPSA) is 43.8 Å². The molecule has 2 bridgehead atoms. The lowest BCUT2D eigenvalue weighted by atomic mass is 9.89. The largest absolute Gasteiger partial charge is 0.493 e. The number of fused-ring (bicyclic) bond motifs is 2. The summed E-state index contributed by atoms with van der Waals surface area (Å²) in [5.41, 5.74) is 0.854. The van der Waals surface area contributed by atoms with E-state index in [1.54, 1.807) is 27.5 Å². The van der Waals surface area contributed by atoms with Crippen molar-refractivity contribution in [1.82, 2.24) is 10.0 Å². The summed E-state index contributed by atoms with van der Waals surface area (Å²) in [6.45, 7) is 1.59. The maximum atomic E-state index is 5.59. The van der Waals surface area contributed by atoms with E-state index in [-0.39, 0.29) is 0 Å². The Morgan fingerprint density at radius 1 is 1.18 bits per heavy atom. The van der Waals surface area contributed by atoms with Gasteiger partial charge < -0.3 is 14.3 Å².